The molecule has 2 aromatic heterocycles. The van der Waals surface area contributed by atoms with E-state index in [9.17, 15) is 0 Å². The summed E-state index contributed by atoms with van der Waals surface area (Å²) in [6.07, 6.45) is 3.22. The highest BCUT2D eigenvalue weighted by Crippen LogP contribution is 2.42. The van der Waals surface area contributed by atoms with E-state index in [0.29, 0.717) is 5.92 Å². The predicted molar refractivity (Wildman–Crippen MR) is 160 cm³/mol. The number of nitrogens with zero attached hydrogens (tertiary/aromatic N) is 1. The van der Waals surface area contributed by atoms with Crippen LogP contribution in [0.1, 0.15) is 25.8 Å². The van der Waals surface area contributed by atoms with Crippen molar-refractivity contribution in [1.82, 2.24) is 4.57 Å². The number of aromatic nitrogens is 1. The predicted octanol–water partition coefficient (Wildman–Crippen LogP) is 9.09. The first kappa shape index (κ1) is 22.8. The Morgan fingerprint density at radius 3 is 2.28 bits per heavy atom. The van der Waals surface area contributed by atoms with Crippen LogP contribution in [0.15, 0.2) is 104 Å². The van der Waals surface area contributed by atoms with Gasteiger partial charge in [0.15, 0.2) is 0 Å². The number of benzene rings is 4. The second-order valence-electron chi connectivity index (χ2n) is 9.82. The van der Waals surface area contributed by atoms with Crippen LogP contribution < -0.4 is 5.73 Å². The van der Waals surface area contributed by atoms with E-state index < -0.39 is 0 Å². The highest BCUT2D eigenvalue weighted by atomic mass is 32.1. The van der Waals surface area contributed by atoms with Gasteiger partial charge < -0.3 is 10.3 Å². The summed E-state index contributed by atoms with van der Waals surface area (Å²) in [6, 6.07) is 32.8. The maximum absolute atomic E-state index is 6.21. The van der Waals surface area contributed by atoms with Crippen LogP contribution in [0.5, 0.6) is 0 Å². The zero-order chi connectivity index (χ0) is 24.8. The van der Waals surface area contributed by atoms with Crippen LogP contribution >= 0.6 is 11.3 Å². The van der Waals surface area contributed by atoms with Crippen molar-refractivity contribution >= 4 is 64.6 Å². The van der Waals surface area contributed by atoms with Crippen LogP contribution in [-0.2, 0) is 0 Å². The zero-order valence-corrected chi connectivity index (χ0v) is 21.6. The van der Waals surface area contributed by atoms with Crippen LogP contribution in [-0.4, -0.2) is 10.6 Å². The maximum atomic E-state index is 6.21. The van der Waals surface area contributed by atoms with E-state index >= 15 is 0 Å². The number of nitrogens with two attached hydrogens (primary N) is 1. The number of rotatable bonds is 6. The Hall–Kier alpha value is -3.66. The molecule has 1 unspecified atom stereocenters. The molecule has 0 bridgehead atoms. The molecule has 0 saturated carbocycles. The molecule has 0 aliphatic heterocycles. The number of hydrogen-bond donors (Lipinski definition) is 1. The Kier molecular flexibility index (Phi) is 5.75. The van der Waals surface area contributed by atoms with Crippen LogP contribution in [0.25, 0.3) is 53.2 Å². The van der Waals surface area contributed by atoms with Gasteiger partial charge in [0.1, 0.15) is 0 Å². The average molecular weight is 487 g/mol. The largest absolute Gasteiger partial charge is 0.328 e. The van der Waals surface area contributed by atoms with Gasteiger partial charge in [-0.2, -0.15) is 0 Å². The first-order chi connectivity index (χ1) is 17.5. The standard InChI is InChI=1S/C33H30N2S/c1-21(22(2)34)17-18-25(24-11-5-4-6-12-24)23(3)35-30-15-9-7-13-26(30)28-20-33-29(19-31(28)35)27-14-8-10-16-32(27)36-33/h4-16,18-22H,3,17,34H2,1-2H3/b25-18+/t21?,22-/m1/s1. The zero-order valence-electron chi connectivity index (χ0n) is 20.7. The smallest absolute Gasteiger partial charge is 0.0548 e. The van der Waals surface area contributed by atoms with Crippen LogP contribution in [0, 0.1) is 5.92 Å². The summed E-state index contributed by atoms with van der Waals surface area (Å²) in [5.41, 5.74) is 11.9. The van der Waals surface area contributed by atoms with E-state index in [-0.39, 0.29) is 6.04 Å². The second kappa shape index (κ2) is 9.09. The summed E-state index contributed by atoms with van der Waals surface area (Å²) in [6.45, 7) is 8.99. The molecule has 0 fully saturated rings. The quantitative estimate of drug-likeness (QED) is 0.234. The molecular weight excluding hydrogens is 456 g/mol. The van der Waals surface area contributed by atoms with Gasteiger partial charge in [-0.1, -0.05) is 86.3 Å². The van der Waals surface area contributed by atoms with E-state index in [1.165, 1.54) is 47.5 Å². The Morgan fingerprint density at radius 2 is 1.50 bits per heavy atom. The highest BCUT2D eigenvalue weighted by Gasteiger charge is 2.18. The summed E-state index contributed by atoms with van der Waals surface area (Å²) in [4.78, 5) is 0. The SMILES string of the molecule is C=C(/C(=C\CC(C)[C@@H](C)N)c1ccccc1)n1c2ccccc2c2cc3sc4ccccc4c3cc21. The van der Waals surface area contributed by atoms with Crippen LogP contribution in [0.3, 0.4) is 0 Å². The summed E-state index contributed by atoms with van der Waals surface area (Å²) < 4.78 is 5.00. The second-order valence-corrected chi connectivity index (χ2v) is 10.9. The molecule has 2 N–H and O–H groups in total. The lowest BCUT2D eigenvalue weighted by Crippen LogP contribution is -2.23. The minimum Gasteiger partial charge on any atom is -0.328 e. The summed E-state index contributed by atoms with van der Waals surface area (Å²) in [5, 5.41) is 5.13. The Bertz CT molecular complexity index is 1770. The van der Waals surface area contributed by atoms with Gasteiger partial charge >= 0.3 is 0 Å². The monoisotopic (exact) mass is 486 g/mol. The minimum absolute atomic E-state index is 0.139. The van der Waals surface area contributed by atoms with E-state index in [0.717, 1.165) is 17.7 Å². The molecule has 0 spiro atoms. The van der Waals surface area contributed by atoms with E-state index in [2.05, 4.69) is 115 Å². The molecule has 0 amide bonds. The van der Waals surface area contributed by atoms with Gasteiger partial charge in [0.05, 0.1) is 11.0 Å². The van der Waals surface area contributed by atoms with Crippen molar-refractivity contribution < 1.29 is 0 Å². The third-order valence-electron chi connectivity index (χ3n) is 7.43. The molecule has 6 rings (SSSR count). The number of para-hydroxylation sites is 1. The molecule has 0 saturated heterocycles. The Balaban J connectivity index is 1.62. The third-order valence-corrected chi connectivity index (χ3v) is 8.56. The van der Waals surface area contributed by atoms with Gasteiger partial charge in [0.2, 0.25) is 0 Å². The molecule has 2 atom stereocenters. The molecule has 0 radical (unpaired) electrons. The number of fused-ring (bicyclic) bond motifs is 6. The van der Waals surface area contributed by atoms with Crippen molar-refractivity contribution in [3.63, 3.8) is 0 Å². The summed E-state index contributed by atoms with van der Waals surface area (Å²) in [5.74, 6) is 0.381. The van der Waals surface area contributed by atoms with Crippen molar-refractivity contribution in [2.75, 3.05) is 0 Å². The van der Waals surface area contributed by atoms with Gasteiger partial charge in [-0.25, -0.2) is 0 Å². The highest BCUT2D eigenvalue weighted by molar-refractivity contribution is 7.25. The van der Waals surface area contributed by atoms with E-state index in [4.69, 9.17) is 12.3 Å². The van der Waals surface area contributed by atoms with Crippen molar-refractivity contribution in [3.8, 4) is 0 Å². The molecule has 0 aliphatic carbocycles. The normalized spacial score (nSPS) is 14.1. The average Bonchev–Trinajstić information content (AvgIpc) is 3.42. The first-order valence-corrected chi connectivity index (χ1v) is 13.4. The molecular formula is C33H30N2S. The number of allylic oxidation sites excluding steroid dienone is 3. The lowest BCUT2D eigenvalue weighted by atomic mass is 9.95. The number of thiophene rings is 1. The molecule has 6 aromatic rings. The van der Waals surface area contributed by atoms with Crippen LogP contribution in [0.4, 0.5) is 0 Å². The van der Waals surface area contributed by atoms with Crippen molar-refractivity contribution in [1.29, 1.82) is 0 Å². The first-order valence-electron chi connectivity index (χ1n) is 12.6. The fourth-order valence-corrected chi connectivity index (χ4v) is 6.26. The molecule has 36 heavy (non-hydrogen) atoms. The number of hydrogen-bond acceptors (Lipinski definition) is 2. The molecule has 4 aromatic carbocycles. The van der Waals surface area contributed by atoms with E-state index in [1.54, 1.807) is 0 Å². The van der Waals surface area contributed by atoms with Gasteiger partial charge in [0, 0.05) is 48.3 Å². The van der Waals surface area contributed by atoms with Gasteiger partial charge in [-0.3, -0.25) is 0 Å². The molecule has 2 nitrogen and oxygen atoms in total. The molecule has 0 aliphatic rings. The van der Waals surface area contributed by atoms with Gasteiger partial charge in [-0.05, 0) is 49.1 Å². The lowest BCUT2D eigenvalue weighted by Gasteiger charge is -2.18. The van der Waals surface area contributed by atoms with Gasteiger partial charge in [0.25, 0.3) is 0 Å². The Morgan fingerprint density at radius 1 is 0.806 bits per heavy atom. The van der Waals surface area contributed by atoms with Crippen LogP contribution in [0.2, 0.25) is 0 Å². The maximum Gasteiger partial charge on any atom is 0.0548 e. The lowest BCUT2D eigenvalue weighted by molar-refractivity contribution is 0.490. The topological polar surface area (TPSA) is 30.9 Å². The minimum atomic E-state index is 0.139. The Labute approximate surface area is 216 Å². The summed E-state index contributed by atoms with van der Waals surface area (Å²) in [7, 11) is 0. The molecule has 2 heterocycles. The summed E-state index contributed by atoms with van der Waals surface area (Å²) >= 11 is 1.86. The fourth-order valence-electron chi connectivity index (χ4n) is 5.14. The van der Waals surface area contributed by atoms with Crippen molar-refractivity contribution in [2.24, 2.45) is 11.7 Å². The van der Waals surface area contributed by atoms with Crippen molar-refractivity contribution in [2.45, 2.75) is 26.3 Å². The third kappa shape index (κ3) is 3.76. The van der Waals surface area contributed by atoms with E-state index in [1.807, 2.05) is 11.3 Å². The molecule has 3 heteroatoms. The molecule has 178 valence electrons. The fraction of sp³-hybridized carbons (Fsp3) is 0.152. The van der Waals surface area contributed by atoms with Gasteiger partial charge in [-0.15, -0.1) is 11.3 Å². The van der Waals surface area contributed by atoms with Crippen molar-refractivity contribution in [3.05, 3.63) is 109 Å².